The second-order valence-corrected chi connectivity index (χ2v) is 9.26. The summed E-state index contributed by atoms with van der Waals surface area (Å²) >= 11 is 0. The molecule has 1 amide bonds. The number of benzene rings is 1. The van der Waals surface area contributed by atoms with Gasteiger partial charge in [0.15, 0.2) is 0 Å². The fourth-order valence-electron chi connectivity index (χ4n) is 5.00. The molecule has 2 aliphatic heterocycles. The standard InChI is InChI=1S/C23H30N6O2/c30-19(12-29-6-5-16-3-1-2-4-17(16)11-29)10-25-22(31)20-7-21(27-15-26-20)28-18-8-23(9-18)13-24-14-23/h1-4,7,15,18-19,24,30H,5-6,8-14H2,(H,25,31)(H,26,27,28)/t19-/m0/s1. The van der Waals surface area contributed by atoms with E-state index in [2.05, 4.69) is 55.1 Å². The van der Waals surface area contributed by atoms with E-state index in [9.17, 15) is 9.90 Å². The highest BCUT2D eigenvalue weighted by Gasteiger charge is 2.48. The van der Waals surface area contributed by atoms with E-state index >= 15 is 0 Å². The summed E-state index contributed by atoms with van der Waals surface area (Å²) in [7, 11) is 0. The third kappa shape index (κ3) is 4.56. The molecule has 3 aliphatic rings. The van der Waals surface area contributed by atoms with Gasteiger partial charge < -0.3 is 21.1 Å². The molecule has 3 heterocycles. The monoisotopic (exact) mass is 422 g/mol. The summed E-state index contributed by atoms with van der Waals surface area (Å²) in [5.41, 5.74) is 3.50. The number of amides is 1. The molecule has 1 aromatic heterocycles. The molecule has 1 saturated carbocycles. The molecular weight excluding hydrogens is 392 g/mol. The zero-order valence-electron chi connectivity index (χ0n) is 17.7. The number of hydrogen-bond acceptors (Lipinski definition) is 7. The van der Waals surface area contributed by atoms with Crippen LogP contribution in [0.1, 0.15) is 34.5 Å². The van der Waals surface area contributed by atoms with Gasteiger partial charge >= 0.3 is 0 Å². The molecule has 2 fully saturated rings. The normalized spacial score (nSPS) is 20.9. The minimum absolute atomic E-state index is 0.196. The van der Waals surface area contributed by atoms with Crippen molar-refractivity contribution in [3.05, 3.63) is 53.5 Å². The maximum atomic E-state index is 12.5. The van der Waals surface area contributed by atoms with Gasteiger partial charge in [0.1, 0.15) is 17.8 Å². The smallest absolute Gasteiger partial charge is 0.270 e. The molecule has 1 aromatic carbocycles. The molecule has 1 aliphatic carbocycles. The first kappa shape index (κ1) is 20.4. The number of anilines is 1. The Hall–Kier alpha value is -2.55. The van der Waals surface area contributed by atoms with Gasteiger partial charge in [0.25, 0.3) is 5.91 Å². The van der Waals surface area contributed by atoms with Crippen molar-refractivity contribution < 1.29 is 9.90 Å². The molecule has 8 heteroatoms. The molecular formula is C23H30N6O2. The third-order valence-electron chi connectivity index (χ3n) is 6.79. The van der Waals surface area contributed by atoms with Crippen molar-refractivity contribution in [3.8, 4) is 0 Å². The lowest BCUT2D eigenvalue weighted by atomic mass is 9.62. The highest BCUT2D eigenvalue weighted by Crippen LogP contribution is 2.45. The number of aliphatic hydroxyl groups excluding tert-OH is 1. The van der Waals surface area contributed by atoms with Crippen molar-refractivity contribution in [2.75, 3.05) is 38.0 Å². The van der Waals surface area contributed by atoms with Crippen LogP contribution in [-0.2, 0) is 13.0 Å². The Bertz CT molecular complexity index is 939. The van der Waals surface area contributed by atoms with Crippen LogP contribution < -0.4 is 16.0 Å². The van der Waals surface area contributed by atoms with Crippen LogP contribution in [0.3, 0.4) is 0 Å². The number of carbonyl (C=O) groups is 1. The van der Waals surface area contributed by atoms with Gasteiger partial charge in [0, 0.05) is 51.4 Å². The predicted molar refractivity (Wildman–Crippen MR) is 118 cm³/mol. The second kappa shape index (κ2) is 8.53. The molecule has 1 atom stereocenters. The summed E-state index contributed by atoms with van der Waals surface area (Å²) in [6, 6.07) is 10.5. The number of rotatable bonds is 7. The largest absolute Gasteiger partial charge is 0.390 e. The van der Waals surface area contributed by atoms with Crippen molar-refractivity contribution in [2.24, 2.45) is 5.41 Å². The Balaban J connectivity index is 1.08. The van der Waals surface area contributed by atoms with Gasteiger partial charge in [-0.3, -0.25) is 9.69 Å². The van der Waals surface area contributed by atoms with Gasteiger partial charge in [-0.1, -0.05) is 24.3 Å². The maximum absolute atomic E-state index is 12.5. The lowest BCUT2D eigenvalue weighted by molar-refractivity contribution is 0.0469. The first-order valence-electron chi connectivity index (χ1n) is 11.1. The van der Waals surface area contributed by atoms with Gasteiger partial charge in [-0.05, 0) is 35.8 Å². The van der Waals surface area contributed by atoms with Crippen LogP contribution in [0.4, 0.5) is 5.82 Å². The van der Waals surface area contributed by atoms with E-state index in [0.717, 1.165) is 45.4 Å². The summed E-state index contributed by atoms with van der Waals surface area (Å²) in [4.78, 5) is 23.1. The zero-order chi connectivity index (χ0) is 21.3. The van der Waals surface area contributed by atoms with Crippen molar-refractivity contribution in [1.29, 1.82) is 0 Å². The number of nitrogens with zero attached hydrogens (tertiary/aromatic N) is 3. The number of nitrogens with one attached hydrogen (secondary N) is 3. The van der Waals surface area contributed by atoms with Crippen LogP contribution >= 0.6 is 0 Å². The topological polar surface area (TPSA) is 102 Å². The minimum atomic E-state index is -0.629. The highest BCUT2D eigenvalue weighted by atomic mass is 16.3. The number of β-amino-alcohol motifs (C(OH)–C–C–N with tert-alkyl or cyclic N) is 1. The van der Waals surface area contributed by atoms with E-state index < -0.39 is 6.10 Å². The number of hydrogen-bond donors (Lipinski definition) is 4. The van der Waals surface area contributed by atoms with Crippen LogP contribution in [0.15, 0.2) is 36.7 Å². The highest BCUT2D eigenvalue weighted by molar-refractivity contribution is 5.92. The Morgan fingerprint density at radius 1 is 1.26 bits per heavy atom. The Morgan fingerprint density at radius 2 is 2.06 bits per heavy atom. The molecule has 2 aromatic rings. The van der Waals surface area contributed by atoms with E-state index in [1.165, 1.54) is 17.5 Å². The van der Waals surface area contributed by atoms with Crippen LogP contribution in [0.25, 0.3) is 0 Å². The van der Waals surface area contributed by atoms with Gasteiger partial charge in [0.2, 0.25) is 0 Å². The molecule has 0 bridgehead atoms. The molecule has 31 heavy (non-hydrogen) atoms. The van der Waals surface area contributed by atoms with Crippen LogP contribution in [-0.4, -0.2) is 70.8 Å². The van der Waals surface area contributed by atoms with Gasteiger partial charge in [-0.15, -0.1) is 0 Å². The number of fused-ring (bicyclic) bond motifs is 1. The Morgan fingerprint density at radius 3 is 2.84 bits per heavy atom. The van der Waals surface area contributed by atoms with Crippen LogP contribution in [0.2, 0.25) is 0 Å². The first-order valence-corrected chi connectivity index (χ1v) is 11.1. The van der Waals surface area contributed by atoms with Crippen LogP contribution in [0.5, 0.6) is 0 Å². The van der Waals surface area contributed by atoms with E-state index in [1.54, 1.807) is 6.07 Å². The fourth-order valence-corrected chi connectivity index (χ4v) is 5.00. The number of aliphatic hydroxyl groups is 1. The molecule has 0 unspecified atom stereocenters. The molecule has 4 N–H and O–H groups in total. The van der Waals surface area contributed by atoms with E-state index in [1.807, 2.05) is 0 Å². The molecule has 1 spiro atoms. The molecule has 0 radical (unpaired) electrons. The quantitative estimate of drug-likeness (QED) is 0.523. The second-order valence-electron chi connectivity index (χ2n) is 9.26. The van der Waals surface area contributed by atoms with Gasteiger partial charge in [0.05, 0.1) is 6.10 Å². The predicted octanol–water partition coefficient (Wildman–Crippen LogP) is 0.789. The molecule has 164 valence electrons. The minimum Gasteiger partial charge on any atom is -0.390 e. The molecule has 5 rings (SSSR count). The van der Waals surface area contributed by atoms with E-state index in [-0.39, 0.29) is 12.5 Å². The molecule has 8 nitrogen and oxygen atoms in total. The summed E-state index contributed by atoms with van der Waals surface area (Å²) in [6.07, 6.45) is 4.05. The Kier molecular flexibility index (Phi) is 5.60. The summed E-state index contributed by atoms with van der Waals surface area (Å²) < 4.78 is 0. The lowest BCUT2D eigenvalue weighted by Gasteiger charge is -2.54. The lowest BCUT2D eigenvalue weighted by Crippen LogP contribution is -2.63. The average molecular weight is 423 g/mol. The fraction of sp³-hybridized carbons (Fsp3) is 0.522. The summed E-state index contributed by atoms with van der Waals surface area (Å²) in [5.74, 6) is 0.390. The van der Waals surface area contributed by atoms with Gasteiger partial charge in [-0.25, -0.2) is 9.97 Å². The summed E-state index contributed by atoms with van der Waals surface area (Å²) in [5, 5.41) is 20.0. The first-order chi connectivity index (χ1) is 15.1. The third-order valence-corrected chi connectivity index (χ3v) is 6.79. The van der Waals surface area contributed by atoms with E-state index in [4.69, 9.17) is 0 Å². The van der Waals surface area contributed by atoms with Crippen molar-refractivity contribution >= 4 is 11.7 Å². The van der Waals surface area contributed by atoms with Crippen molar-refractivity contribution in [3.63, 3.8) is 0 Å². The Labute approximate surface area is 182 Å². The van der Waals surface area contributed by atoms with Crippen LogP contribution in [0, 0.1) is 5.41 Å². The van der Waals surface area contributed by atoms with Crippen molar-refractivity contribution in [2.45, 2.75) is 38.0 Å². The number of aromatic nitrogens is 2. The molecule has 1 saturated heterocycles. The SMILES string of the molecule is O=C(NC[C@H](O)CN1CCc2ccccc2C1)c1cc(NC2CC3(CNC3)C2)ncn1. The number of carbonyl (C=O) groups excluding carboxylic acids is 1. The maximum Gasteiger partial charge on any atom is 0.270 e. The average Bonchev–Trinajstić information content (AvgIpc) is 2.73. The van der Waals surface area contributed by atoms with Gasteiger partial charge in [-0.2, -0.15) is 0 Å². The zero-order valence-corrected chi connectivity index (χ0v) is 17.7. The van der Waals surface area contributed by atoms with E-state index in [0.29, 0.717) is 29.5 Å². The summed E-state index contributed by atoms with van der Waals surface area (Å²) in [6.45, 7) is 4.69. The van der Waals surface area contributed by atoms with Crippen molar-refractivity contribution in [1.82, 2.24) is 25.5 Å².